The van der Waals surface area contributed by atoms with Gasteiger partial charge in [-0.05, 0) is 25.5 Å². The average molecular weight is 221 g/mol. The van der Waals surface area contributed by atoms with E-state index in [4.69, 9.17) is 9.05 Å². The summed E-state index contributed by atoms with van der Waals surface area (Å²) in [5.41, 5.74) is 1.14. The van der Waals surface area contributed by atoms with Gasteiger partial charge in [0.15, 0.2) is 0 Å². The minimum atomic E-state index is 0. The van der Waals surface area contributed by atoms with Crippen LogP contribution in [0.1, 0.15) is 12.5 Å². The van der Waals surface area contributed by atoms with Gasteiger partial charge in [-0.2, -0.15) is 0 Å². The van der Waals surface area contributed by atoms with Crippen LogP contribution < -0.4 is 4.52 Å². The molecule has 0 heterocycles. The van der Waals surface area contributed by atoms with Gasteiger partial charge in [-0.3, -0.25) is 0 Å². The molecule has 0 bridgehead atoms. The number of hydrogen-bond acceptors (Lipinski definition) is 2. The topological polar surface area (TPSA) is 18.5 Å². The summed E-state index contributed by atoms with van der Waals surface area (Å²) in [6.45, 7) is 4.67. The van der Waals surface area contributed by atoms with E-state index in [1.54, 1.807) is 0 Å². The fraction of sp³-hybridized carbons (Fsp3) is 0.333. The zero-order valence-electron chi connectivity index (χ0n) is 7.74. The van der Waals surface area contributed by atoms with Gasteiger partial charge < -0.3 is 9.05 Å². The van der Waals surface area contributed by atoms with Gasteiger partial charge in [-0.25, -0.2) is 0 Å². The molecule has 0 aromatic heterocycles. The Morgan fingerprint density at radius 1 is 1.31 bits per heavy atom. The van der Waals surface area contributed by atoms with Crippen LogP contribution in [0, 0.1) is 6.92 Å². The minimum Gasteiger partial charge on any atom is -0.449 e. The zero-order valence-corrected chi connectivity index (χ0v) is 9.56. The molecule has 0 radical (unpaired) electrons. The largest absolute Gasteiger partial charge is 0.449 e. The highest BCUT2D eigenvalue weighted by atomic mass is 35.5. The van der Waals surface area contributed by atoms with Crippen molar-refractivity contribution in [1.29, 1.82) is 0 Å². The summed E-state index contributed by atoms with van der Waals surface area (Å²) in [4.78, 5) is 0. The molecule has 1 aromatic rings. The first kappa shape index (κ1) is 12.7. The van der Waals surface area contributed by atoms with E-state index in [2.05, 4.69) is 0 Å². The Labute approximate surface area is 87.0 Å². The fourth-order valence-corrected chi connectivity index (χ4v) is 1.30. The highest BCUT2D eigenvalue weighted by Crippen LogP contribution is 2.24. The van der Waals surface area contributed by atoms with Gasteiger partial charge >= 0.3 is 0 Å². The lowest BCUT2D eigenvalue weighted by molar-refractivity contribution is 0.351. The molecule has 1 aromatic carbocycles. The molecule has 0 saturated carbocycles. The Kier molecular flexibility index (Phi) is 6.97. The second-order valence-electron chi connectivity index (χ2n) is 2.38. The third-order valence-electron chi connectivity index (χ3n) is 1.45. The maximum absolute atomic E-state index is 5.38. The van der Waals surface area contributed by atoms with Gasteiger partial charge in [0.1, 0.15) is 5.75 Å². The van der Waals surface area contributed by atoms with Crippen LogP contribution in [0.5, 0.6) is 5.75 Å². The van der Waals surface area contributed by atoms with Crippen LogP contribution in [0.15, 0.2) is 24.3 Å². The van der Waals surface area contributed by atoms with E-state index >= 15 is 0 Å². The van der Waals surface area contributed by atoms with Gasteiger partial charge in [-0.15, -0.1) is 12.4 Å². The molecule has 0 saturated heterocycles. The van der Waals surface area contributed by atoms with E-state index in [0.29, 0.717) is 6.61 Å². The van der Waals surface area contributed by atoms with Crippen molar-refractivity contribution in [3.63, 3.8) is 0 Å². The first-order chi connectivity index (χ1) is 5.84. The van der Waals surface area contributed by atoms with Crippen LogP contribution in [0.3, 0.4) is 0 Å². The van der Waals surface area contributed by atoms with Crippen molar-refractivity contribution in [2.45, 2.75) is 13.8 Å². The molecular formula is C9H14ClO2P. The molecule has 13 heavy (non-hydrogen) atoms. The number of halogens is 1. The molecule has 74 valence electrons. The van der Waals surface area contributed by atoms with Gasteiger partial charge in [0.2, 0.25) is 9.03 Å². The standard InChI is InChI=1S/C9H13O2P.ClH/c1-3-10-12-11-9-7-5-4-6-8(9)2;/h4-7,12H,3H2,1-2H3;1H. The van der Waals surface area contributed by atoms with E-state index in [1.165, 1.54) is 0 Å². The zero-order chi connectivity index (χ0) is 8.81. The van der Waals surface area contributed by atoms with Gasteiger partial charge in [-0.1, -0.05) is 18.2 Å². The van der Waals surface area contributed by atoms with Crippen LogP contribution in [-0.4, -0.2) is 6.61 Å². The fourth-order valence-electron chi connectivity index (χ4n) is 0.804. The highest BCUT2D eigenvalue weighted by Gasteiger charge is 1.95. The molecule has 0 aliphatic carbocycles. The molecule has 1 rings (SSSR count). The Morgan fingerprint density at radius 2 is 2.00 bits per heavy atom. The summed E-state index contributed by atoms with van der Waals surface area (Å²) < 4.78 is 10.5. The number of benzene rings is 1. The van der Waals surface area contributed by atoms with Gasteiger partial charge in [0.05, 0.1) is 6.61 Å². The number of rotatable bonds is 4. The maximum Gasteiger partial charge on any atom is 0.215 e. The molecule has 0 fully saturated rings. The van der Waals surface area contributed by atoms with E-state index in [-0.39, 0.29) is 21.4 Å². The third kappa shape index (κ3) is 4.47. The van der Waals surface area contributed by atoms with Crippen molar-refractivity contribution in [2.24, 2.45) is 0 Å². The summed E-state index contributed by atoms with van der Waals surface area (Å²) in [5, 5.41) is 0. The van der Waals surface area contributed by atoms with Crippen molar-refractivity contribution in [2.75, 3.05) is 6.61 Å². The molecule has 0 spiro atoms. The van der Waals surface area contributed by atoms with E-state index in [0.717, 1.165) is 11.3 Å². The second kappa shape index (κ2) is 7.14. The molecule has 2 nitrogen and oxygen atoms in total. The smallest absolute Gasteiger partial charge is 0.215 e. The van der Waals surface area contributed by atoms with Crippen LogP contribution in [-0.2, 0) is 4.52 Å². The molecule has 1 atom stereocenters. The Hall–Kier alpha value is -0.300. The molecule has 1 unspecified atom stereocenters. The van der Waals surface area contributed by atoms with Crippen LogP contribution in [0.25, 0.3) is 0 Å². The predicted octanol–water partition coefficient (Wildman–Crippen LogP) is 3.34. The maximum atomic E-state index is 5.38. The second-order valence-corrected chi connectivity index (χ2v) is 3.04. The Balaban J connectivity index is 0.00000144. The molecule has 0 N–H and O–H groups in total. The van der Waals surface area contributed by atoms with Crippen molar-refractivity contribution >= 4 is 21.4 Å². The lowest BCUT2D eigenvalue weighted by Gasteiger charge is -2.06. The molecule has 4 heteroatoms. The first-order valence-electron chi connectivity index (χ1n) is 3.94. The SMILES string of the molecule is CCOPOc1ccccc1C.Cl. The summed E-state index contributed by atoms with van der Waals surface area (Å²) in [5.74, 6) is 0.907. The third-order valence-corrected chi connectivity index (χ3v) is 2.16. The van der Waals surface area contributed by atoms with Crippen LogP contribution in [0.2, 0.25) is 0 Å². The predicted molar refractivity (Wildman–Crippen MR) is 59.0 cm³/mol. The number of para-hydroxylation sites is 1. The van der Waals surface area contributed by atoms with Crippen LogP contribution in [0.4, 0.5) is 0 Å². The van der Waals surface area contributed by atoms with E-state index in [1.807, 2.05) is 38.1 Å². The van der Waals surface area contributed by atoms with E-state index in [9.17, 15) is 0 Å². The molecule has 0 aliphatic rings. The Bertz CT molecular complexity index is 243. The monoisotopic (exact) mass is 220 g/mol. The number of aryl methyl sites for hydroxylation is 1. The summed E-state index contributed by atoms with van der Waals surface area (Å²) in [6.07, 6.45) is 0. The molecule has 0 aliphatic heterocycles. The van der Waals surface area contributed by atoms with Crippen molar-refractivity contribution in [3.8, 4) is 5.75 Å². The lowest BCUT2D eigenvalue weighted by Crippen LogP contribution is -1.84. The molecular weight excluding hydrogens is 207 g/mol. The average Bonchev–Trinajstić information content (AvgIpc) is 2.09. The Morgan fingerprint density at radius 3 is 2.62 bits per heavy atom. The minimum absolute atomic E-state index is 0. The quantitative estimate of drug-likeness (QED) is 0.572. The summed E-state index contributed by atoms with van der Waals surface area (Å²) in [6, 6.07) is 7.91. The van der Waals surface area contributed by atoms with Crippen molar-refractivity contribution in [3.05, 3.63) is 29.8 Å². The summed E-state index contributed by atoms with van der Waals surface area (Å²) >= 11 is 0. The first-order valence-corrected chi connectivity index (χ1v) is 4.75. The summed E-state index contributed by atoms with van der Waals surface area (Å²) in [7, 11) is 0.106. The normalized spacial score (nSPS) is 10.0. The highest BCUT2D eigenvalue weighted by molar-refractivity contribution is 7.26. The van der Waals surface area contributed by atoms with Gasteiger partial charge in [0, 0.05) is 0 Å². The number of hydrogen-bond donors (Lipinski definition) is 0. The van der Waals surface area contributed by atoms with Crippen molar-refractivity contribution < 1.29 is 9.05 Å². The molecule has 0 amide bonds. The van der Waals surface area contributed by atoms with Gasteiger partial charge in [0.25, 0.3) is 0 Å². The van der Waals surface area contributed by atoms with Crippen molar-refractivity contribution in [1.82, 2.24) is 0 Å². The van der Waals surface area contributed by atoms with E-state index < -0.39 is 0 Å². The lowest BCUT2D eigenvalue weighted by atomic mass is 10.2. The van der Waals surface area contributed by atoms with Crippen LogP contribution >= 0.6 is 21.4 Å².